The lowest BCUT2D eigenvalue weighted by Gasteiger charge is -1.99. The van der Waals surface area contributed by atoms with E-state index in [2.05, 4.69) is 9.82 Å². The first-order chi connectivity index (χ1) is 5.24. The highest BCUT2D eigenvalue weighted by atomic mass is 16.7. The summed E-state index contributed by atoms with van der Waals surface area (Å²) in [5.41, 5.74) is 0. The molecule has 0 bridgehead atoms. The van der Waals surface area contributed by atoms with Crippen LogP contribution in [-0.4, -0.2) is 22.0 Å². The van der Waals surface area contributed by atoms with Gasteiger partial charge in [0.1, 0.15) is 0 Å². The molecule has 0 saturated heterocycles. The molecule has 0 aliphatic carbocycles. The minimum Gasteiger partial charge on any atom is -0.335 e. The Bertz CT molecular complexity index is 279. The van der Waals surface area contributed by atoms with E-state index in [-0.39, 0.29) is 5.82 Å². The Morgan fingerprint density at radius 2 is 2.55 bits per heavy atom. The third kappa shape index (κ3) is 1.64. The second-order valence-corrected chi connectivity index (χ2v) is 1.81. The molecule has 0 aliphatic rings. The van der Waals surface area contributed by atoms with Crippen LogP contribution in [-0.2, 0) is 4.79 Å². The predicted molar refractivity (Wildman–Crippen MR) is 34.9 cm³/mol. The van der Waals surface area contributed by atoms with Gasteiger partial charge in [-0.05, 0) is 0 Å². The molecule has 0 fully saturated rings. The van der Waals surface area contributed by atoms with Crippen LogP contribution in [0.25, 0.3) is 0 Å². The molecule has 0 unspecified atom stereocenters. The van der Waals surface area contributed by atoms with Crippen molar-refractivity contribution < 1.29 is 14.4 Å². The number of hydrogen-bond donors (Lipinski definition) is 0. The van der Waals surface area contributed by atoms with Gasteiger partial charge in [-0.25, -0.2) is 9.78 Å². The molecule has 5 nitrogen and oxygen atoms in total. The lowest BCUT2D eigenvalue weighted by atomic mass is 10.7. The molecule has 0 spiro atoms. The van der Waals surface area contributed by atoms with E-state index in [1.807, 2.05) is 0 Å². The molecule has 0 atom stereocenters. The van der Waals surface area contributed by atoms with Crippen LogP contribution in [0.5, 0.6) is 0 Å². The van der Waals surface area contributed by atoms with Gasteiger partial charge in [0.15, 0.2) is 6.29 Å². The highest BCUT2D eigenvalue weighted by molar-refractivity contribution is 5.70. The normalized spacial score (nSPS) is 9.18. The first kappa shape index (κ1) is 7.46. The van der Waals surface area contributed by atoms with Gasteiger partial charge in [0.2, 0.25) is 5.82 Å². The van der Waals surface area contributed by atoms with Gasteiger partial charge >= 0.3 is 5.97 Å². The summed E-state index contributed by atoms with van der Waals surface area (Å²) in [4.78, 5) is 28.8. The predicted octanol–water partition coefficient (Wildman–Crippen LogP) is -0.329. The van der Waals surface area contributed by atoms with Crippen LogP contribution in [0.4, 0.5) is 0 Å². The summed E-state index contributed by atoms with van der Waals surface area (Å²) in [6, 6.07) is 0. The summed E-state index contributed by atoms with van der Waals surface area (Å²) < 4.78 is 1.01. The fourth-order valence-electron chi connectivity index (χ4n) is 0.602. The number of aldehydes is 1. The molecule has 1 aromatic heterocycles. The summed E-state index contributed by atoms with van der Waals surface area (Å²) >= 11 is 0. The fourth-order valence-corrected chi connectivity index (χ4v) is 0.602. The molecule has 0 aliphatic heterocycles. The van der Waals surface area contributed by atoms with Crippen molar-refractivity contribution in [3.63, 3.8) is 0 Å². The highest BCUT2D eigenvalue weighted by Gasteiger charge is 2.02. The topological polar surface area (TPSA) is 61.2 Å². The maximum atomic E-state index is 10.4. The van der Waals surface area contributed by atoms with E-state index in [0.29, 0.717) is 6.29 Å². The Morgan fingerprint density at radius 1 is 1.82 bits per heavy atom. The molecule has 1 rings (SSSR count). The van der Waals surface area contributed by atoms with Gasteiger partial charge in [0.05, 0.1) is 6.20 Å². The lowest BCUT2D eigenvalue weighted by molar-refractivity contribution is -0.141. The number of carbonyl (C=O) groups is 2. The van der Waals surface area contributed by atoms with Gasteiger partial charge in [0, 0.05) is 13.1 Å². The average Bonchev–Trinajstić information content (AvgIpc) is 2.34. The molecule has 5 heteroatoms. The number of imidazole rings is 1. The third-order valence-corrected chi connectivity index (χ3v) is 0.967. The van der Waals surface area contributed by atoms with Crippen molar-refractivity contribution in [2.75, 3.05) is 0 Å². The van der Waals surface area contributed by atoms with Gasteiger partial charge < -0.3 is 4.84 Å². The molecule has 1 aromatic rings. The number of rotatable bonds is 2. The quantitative estimate of drug-likeness (QED) is 0.547. The molecule has 0 aromatic carbocycles. The zero-order chi connectivity index (χ0) is 8.27. The monoisotopic (exact) mass is 154 g/mol. The van der Waals surface area contributed by atoms with Gasteiger partial charge in [-0.3, -0.25) is 4.79 Å². The van der Waals surface area contributed by atoms with Gasteiger partial charge in [-0.1, -0.05) is 0 Å². The van der Waals surface area contributed by atoms with Crippen LogP contribution in [0.2, 0.25) is 0 Å². The summed E-state index contributed by atoms with van der Waals surface area (Å²) in [7, 11) is 0. The Hall–Kier alpha value is -1.65. The molecule has 0 amide bonds. The molecular weight excluding hydrogens is 148 g/mol. The van der Waals surface area contributed by atoms with Crippen molar-refractivity contribution in [1.29, 1.82) is 0 Å². The van der Waals surface area contributed by atoms with E-state index in [4.69, 9.17) is 0 Å². The van der Waals surface area contributed by atoms with Gasteiger partial charge in [0.25, 0.3) is 0 Å². The van der Waals surface area contributed by atoms with E-state index in [1.165, 1.54) is 19.3 Å². The summed E-state index contributed by atoms with van der Waals surface area (Å²) in [6.45, 7) is 1.24. The summed E-state index contributed by atoms with van der Waals surface area (Å²) in [5, 5.41) is 0. The summed E-state index contributed by atoms with van der Waals surface area (Å²) in [6.07, 6.45) is 3.25. The van der Waals surface area contributed by atoms with Crippen molar-refractivity contribution in [2.24, 2.45) is 0 Å². The number of nitrogens with zero attached hydrogens (tertiary/aromatic N) is 2. The van der Waals surface area contributed by atoms with Crippen LogP contribution in [0.1, 0.15) is 17.5 Å². The standard InChI is InChI=1S/C6H6N2O3/c1-5(10)11-8-3-2-7-6(8)4-9/h2-4H,1H3. The van der Waals surface area contributed by atoms with Crippen LogP contribution in [0.15, 0.2) is 12.4 Å². The van der Waals surface area contributed by atoms with Crippen molar-refractivity contribution >= 4 is 12.3 Å². The van der Waals surface area contributed by atoms with Gasteiger partial charge in [-0.2, -0.15) is 4.73 Å². The van der Waals surface area contributed by atoms with E-state index in [9.17, 15) is 9.59 Å². The van der Waals surface area contributed by atoms with E-state index >= 15 is 0 Å². The largest absolute Gasteiger partial charge is 0.335 e. The lowest BCUT2D eigenvalue weighted by Crippen LogP contribution is -2.17. The minimum atomic E-state index is -0.494. The van der Waals surface area contributed by atoms with Crippen molar-refractivity contribution in [3.8, 4) is 0 Å². The Kier molecular flexibility index (Phi) is 2.00. The van der Waals surface area contributed by atoms with E-state index < -0.39 is 5.97 Å². The zero-order valence-corrected chi connectivity index (χ0v) is 5.85. The van der Waals surface area contributed by atoms with Crippen LogP contribution in [0.3, 0.4) is 0 Å². The number of aromatic nitrogens is 2. The van der Waals surface area contributed by atoms with Crippen LogP contribution >= 0.6 is 0 Å². The van der Waals surface area contributed by atoms with Crippen LogP contribution in [0, 0.1) is 0 Å². The first-order valence-corrected chi connectivity index (χ1v) is 2.91. The van der Waals surface area contributed by atoms with Crippen molar-refractivity contribution in [3.05, 3.63) is 18.2 Å². The number of hydrogen-bond acceptors (Lipinski definition) is 4. The maximum Gasteiger partial charge on any atom is 0.329 e. The molecule has 58 valence electrons. The van der Waals surface area contributed by atoms with Gasteiger partial charge in [-0.15, -0.1) is 0 Å². The SMILES string of the molecule is CC(=O)On1ccnc1C=O. The first-order valence-electron chi connectivity index (χ1n) is 2.91. The highest BCUT2D eigenvalue weighted by Crippen LogP contribution is 1.89. The number of carbonyl (C=O) groups excluding carboxylic acids is 2. The van der Waals surface area contributed by atoms with Crippen molar-refractivity contribution in [1.82, 2.24) is 9.71 Å². The molecule has 0 N–H and O–H groups in total. The molecule has 0 saturated carbocycles. The second kappa shape index (κ2) is 2.96. The van der Waals surface area contributed by atoms with E-state index in [1.54, 1.807) is 0 Å². The Balaban J connectivity index is 2.84. The fraction of sp³-hybridized carbons (Fsp3) is 0.167. The Labute approximate surface area is 62.6 Å². The Morgan fingerprint density at radius 3 is 3.09 bits per heavy atom. The molecule has 11 heavy (non-hydrogen) atoms. The van der Waals surface area contributed by atoms with Crippen molar-refractivity contribution in [2.45, 2.75) is 6.92 Å². The second-order valence-electron chi connectivity index (χ2n) is 1.81. The average molecular weight is 154 g/mol. The molecule has 0 radical (unpaired) electrons. The maximum absolute atomic E-state index is 10.4. The third-order valence-electron chi connectivity index (χ3n) is 0.967. The summed E-state index contributed by atoms with van der Waals surface area (Å²) in [5.74, 6) is -0.425. The van der Waals surface area contributed by atoms with E-state index in [0.717, 1.165) is 4.73 Å². The smallest absolute Gasteiger partial charge is 0.329 e. The molecular formula is C6H6N2O3. The van der Waals surface area contributed by atoms with Crippen LogP contribution < -0.4 is 4.84 Å². The minimum absolute atomic E-state index is 0.0696. The molecule has 1 heterocycles. The zero-order valence-electron chi connectivity index (χ0n) is 5.85.